The molecule has 2 nitrogen and oxygen atoms in total. The molecule has 0 aliphatic heterocycles. The smallest absolute Gasteiger partial charge is 0.187 e. The van der Waals surface area contributed by atoms with Gasteiger partial charge in [0.15, 0.2) is 5.78 Å². The molecule has 18 heavy (non-hydrogen) atoms. The Hall–Kier alpha value is -1.67. The summed E-state index contributed by atoms with van der Waals surface area (Å²) in [6.45, 7) is 2.10. The highest BCUT2D eigenvalue weighted by Gasteiger charge is 2.11. The van der Waals surface area contributed by atoms with Gasteiger partial charge in [-0.05, 0) is 29.7 Å². The first-order valence-electron chi connectivity index (χ1n) is 5.92. The van der Waals surface area contributed by atoms with Crippen LogP contribution < -0.4 is 0 Å². The van der Waals surface area contributed by atoms with Crippen LogP contribution in [0.25, 0.3) is 0 Å². The lowest BCUT2D eigenvalue weighted by Gasteiger charge is -2.03. The number of carbonyl (C=O) groups excluding carboxylic acids is 1. The number of nitrogens with zero attached hydrogens (tertiary/aromatic N) is 1. The van der Waals surface area contributed by atoms with Gasteiger partial charge in [-0.15, -0.1) is 0 Å². The molecule has 0 aliphatic carbocycles. The lowest BCUT2D eigenvalue weighted by atomic mass is 10.0. The molecule has 2 rings (SSSR count). The Morgan fingerprint density at radius 2 is 1.83 bits per heavy atom. The molecule has 0 radical (unpaired) electrons. The Morgan fingerprint density at radius 1 is 1.17 bits per heavy atom. The first kappa shape index (κ1) is 12.8. The van der Waals surface area contributed by atoms with Crippen LogP contribution in [0.5, 0.6) is 0 Å². The SMILES string of the molecule is CCc1ccc(CC(=O)c2ncccc2Cl)cc1. The molecule has 1 heterocycles. The van der Waals surface area contributed by atoms with Crippen LogP contribution in [0.1, 0.15) is 28.5 Å². The van der Waals surface area contributed by atoms with Crippen LogP contribution in [0.4, 0.5) is 0 Å². The molecule has 0 N–H and O–H groups in total. The Morgan fingerprint density at radius 3 is 2.44 bits per heavy atom. The van der Waals surface area contributed by atoms with Gasteiger partial charge in [-0.25, -0.2) is 0 Å². The Labute approximate surface area is 112 Å². The van der Waals surface area contributed by atoms with Crippen molar-refractivity contribution in [1.29, 1.82) is 0 Å². The van der Waals surface area contributed by atoms with E-state index in [2.05, 4.69) is 11.9 Å². The highest BCUT2D eigenvalue weighted by atomic mass is 35.5. The topological polar surface area (TPSA) is 30.0 Å². The molecule has 3 heteroatoms. The first-order valence-corrected chi connectivity index (χ1v) is 6.30. The average Bonchev–Trinajstić information content (AvgIpc) is 2.40. The number of aryl methyl sites for hydroxylation is 1. The summed E-state index contributed by atoms with van der Waals surface area (Å²) in [4.78, 5) is 16.1. The summed E-state index contributed by atoms with van der Waals surface area (Å²) >= 11 is 5.95. The van der Waals surface area contributed by atoms with Gasteiger partial charge in [0.05, 0.1) is 5.02 Å². The van der Waals surface area contributed by atoms with Crippen LogP contribution in [0.15, 0.2) is 42.6 Å². The van der Waals surface area contributed by atoms with E-state index in [4.69, 9.17) is 11.6 Å². The number of pyridine rings is 1. The van der Waals surface area contributed by atoms with E-state index in [-0.39, 0.29) is 5.78 Å². The molecular formula is C15H14ClNO. The number of benzene rings is 1. The summed E-state index contributed by atoms with van der Waals surface area (Å²) in [5, 5.41) is 0.410. The van der Waals surface area contributed by atoms with Crippen LogP contribution in [0, 0.1) is 0 Å². The maximum atomic E-state index is 12.0. The van der Waals surface area contributed by atoms with Crippen molar-refractivity contribution in [3.63, 3.8) is 0 Å². The first-order chi connectivity index (χ1) is 8.70. The lowest BCUT2D eigenvalue weighted by Crippen LogP contribution is -2.06. The van der Waals surface area contributed by atoms with Gasteiger partial charge in [-0.3, -0.25) is 9.78 Å². The summed E-state index contributed by atoms with van der Waals surface area (Å²) < 4.78 is 0. The minimum absolute atomic E-state index is 0.0511. The third-order valence-corrected chi connectivity index (χ3v) is 3.12. The van der Waals surface area contributed by atoms with Crippen molar-refractivity contribution in [2.24, 2.45) is 0 Å². The fourth-order valence-electron chi connectivity index (χ4n) is 1.75. The van der Waals surface area contributed by atoms with Gasteiger partial charge in [-0.1, -0.05) is 42.8 Å². The fraction of sp³-hybridized carbons (Fsp3) is 0.200. The number of ketones is 1. The molecule has 0 bridgehead atoms. The van der Waals surface area contributed by atoms with Crippen molar-refractivity contribution in [2.45, 2.75) is 19.8 Å². The van der Waals surface area contributed by atoms with Crippen LogP contribution in [0.2, 0.25) is 5.02 Å². The number of rotatable bonds is 4. The number of hydrogen-bond acceptors (Lipinski definition) is 2. The van der Waals surface area contributed by atoms with E-state index in [9.17, 15) is 4.79 Å². The molecule has 2 aromatic rings. The normalized spacial score (nSPS) is 10.3. The summed E-state index contributed by atoms with van der Waals surface area (Å²) in [5.74, 6) is -0.0511. The monoisotopic (exact) mass is 259 g/mol. The predicted octanol–water partition coefficient (Wildman–Crippen LogP) is 3.72. The van der Waals surface area contributed by atoms with Crippen LogP contribution >= 0.6 is 11.6 Å². The largest absolute Gasteiger partial charge is 0.292 e. The van der Waals surface area contributed by atoms with Gasteiger partial charge in [0.2, 0.25) is 0 Å². The van der Waals surface area contributed by atoms with E-state index in [1.54, 1.807) is 18.3 Å². The van der Waals surface area contributed by atoms with Gasteiger partial charge in [0, 0.05) is 12.6 Å². The zero-order chi connectivity index (χ0) is 13.0. The van der Waals surface area contributed by atoms with E-state index in [1.165, 1.54) is 5.56 Å². The van der Waals surface area contributed by atoms with E-state index in [1.807, 2.05) is 24.3 Å². The van der Waals surface area contributed by atoms with Crippen molar-refractivity contribution in [3.05, 3.63) is 64.4 Å². The third kappa shape index (κ3) is 2.96. The maximum absolute atomic E-state index is 12.0. The van der Waals surface area contributed by atoms with Crippen LogP contribution in [0.3, 0.4) is 0 Å². The number of Topliss-reactive ketones (excluding diaryl/α,β-unsaturated/α-hetero) is 1. The second kappa shape index (κ2) is 5.78. The predicted molar refractivity (Wildman–Crippen MR) is 73.1 cm³/mol. The Balaban J connectivity index is 2.14. The Kier molecular flexibility index (Phi) is 4.11. The highest BCUT2D eigenvalue weighted by Crippen LogP contribution is 2.15. The molecule has 1 aromatic heterocycles. The molecule has 0 spiro atoms. The molecule has 0 unspecified atom stereocenters. The van der Waals surface area contributed by atoms with Gasteiger partial charge in [0.25, 0.3) is 0 Å². The third-order valence-electron chi connectivity index (χ3n) is 2.82. The molecule has 0 fully saturated rings. The van der Waals surface area contributed by atoms with Gasteiger partial charge in [-0.2, -0.15) is 0 Å². The van der Waals surface area contributed by atoms with Crippen molar-refractivity contribution in [2.75, 3.05) is 0 Å². The summed E-state index contributed by atoms with van der Waals surface area (Å²) in [7, 11) is 0. The molecule has 0 saturated heterocycles. The van der Waals surface area contributed by atoms with Gasteiger partial charge < -0.3 is 0 Å². The lowest BCUT2D eigenvalue weighted by molar-refractivity contribution is 0.0988. The minimum atomic E-state index is -0.0511. The molecule has 0 aliphatic rings. The minimum Gasteiger partial charge on any atom is -0.292 e. The zero-order valence-electron chi connectivity index (χ0n) is 10.2. The van der Waals surface area contributed by atoms with E-state index in [0.717, 1.165) is 12.0 Å². The van der Waals surface area contributed by atoms with Crippen molar-refractivity contribution >= 4 is 17.4 Å². The van der Waals surface area contributed by atoms with E-state index < -0.39 is 0 Å². The summed E-state index contributed by atoms with van der Waals surface area (Å²) in [6, 6.07) is 11.4. The number of hydrogen-bond donors (Lipinski definition) is 0. The van der Waals surface area contributed by atoms with Crippen LogP contribution in [-0.4, -0.2) is 10.8 Å². The molecule has 0 saturated carbocycles. The van der Waals surface area contributed by atoms with E-state index >= 15 is 0 Å². The second-order valence-corrected chi connectivity index (χ2v) is 4.51. The number of aromatic nitrogens is 1. The van der Waals surface area contributed by atoms with E-state index in [0.29, 0.717) is 17.1 Å². The summed E-state index contributed by atoms with van der Waals surface area (Å²) in [6.07, 6.45) is 2.92. The van der Waals surface area contributed by atoms with Crippen molar-refractivity contribution in [1.82, 2.24) is 4.98 Å². The van der Waals surface area contributed by atoms with Gasteiger partial charge in [0.1, 0.15) is 5.69 Å². The van der Waals surface area contributed by atoms with Crippen molar-refractivity contribution < 1.29 is 4.79 Å². The number of carbonyl (C=O) groups is 1. The highest BCUT2D eigenvalue weighted by molar-refractivity contribution is 6.33. The van der Waals surface area contributed by atoms with Crippen LogP contribution in [-0.2, 0) is 12.8 Å². The average molecular weight is 260 g/mol. The molecule has 1 aromatic carbocycles. The zero-order valence-corrected chi connectivity index (χ0v) is 10.9. The molecule has 0 atom stereocenters. The summed E-state index contributed by atoms with van der Waals surface area (Å²) in [5.41, 5.74) is 2.60. The quantitative estimate of drug-likeness (QED) is 0.784. The molecule has 0 amide bonds. The number of halogens is 1. The van der Waals surface area contributed by atoms with Gasteiger partial charge >= 0.3 is 0 Å². The second-order valence-electron chi connectivity index (χ2n) is 4.10. The maximum Gasteiger partial charge on any atom is 0.187 e. The fourth-order valence-corrected chi connectivity index (χ4v) is 1.98. The molecular weight excluding hydrogens is 246 g/mol. The van der Waals surface area contributed by atoms with Crippen molar-refractivity contribution in [3.8, 4) is 0 Å². The standard InChI is InChI=1S/C15H14ClNO/c1-2-11-5-7-12(8-6-11)10-14(18)15-13(16)4-3-9-17-15/h3-9H,2,10H2,1H3. The molecule has 92 valence electrons. The Bertz CT molecular complexity index is 549.